The highest BCUT2D eigenvalue weighted by Gasteiger charge is 2.23. The number of carboxylic acids is 1. The Labute approximate surface area is 138 Å². The Morgan fingerprint density at radius 1 is 1.05 bits per heavy atom. The standard InChI is InChI=1S/C15H11Br2NO3/c16-10-6-7-12(17)11(8-10)14(19)18-13(15(20)21)9-4-2-1-3-5-9/h1-8,13H,(H,18,19)(H,20,21). The smallest absolute Gasteiger partial charge is 0.330 e. The van der Waals surface area contributed by atoms with Gasteiger partial charge in [-0.3, -0.25) is 4.79 Å². The van der Waals surface area contributed by atoms with Crippen LogP contribution in [0.15, 0.2) is 57.5 Å². The highest BCUT2D eigenvalue weighted by atomic mass is 79.9. The quantitative estimate of drug-likeness (QED) is 0.803. The number of halogens is 2. The molecule has 2 N–H and O–H groups in total. The minimum absolute atomic E-state index is 0.367. The zero-order valence-electron chi connectivity index (χ0n) is 10.7. The Balaban J connectivity index is 2.27. The van der Waals surface area contributed by atoms with Gasteiger partial charge in [0, 0.05) is 8.95 Å². The first-order valence-corrected chi connectivity index (χ1v) is 7.61. The molecule has 1 unspecified atom stereocenters. The summed E-state index contributed by atoms with van der Waals surface area (Å²) in [5.74, 6) is -1.57. The minimum Gasteiger partial charge on any atom is -0.479 e. The molecule has 0 aliphatic carbocycles. The van der Waals surface area contributed by atoms with E-state index in [-0.39, 0.29) is 0 Å². The first-order chi connectivity index (χ1) is 9.99. The van der Waals surface area contributed by atoms with Gasteiger partial charge in [0.25, 0.3) is 5.91 Å². The van der Waals surface area contributed by atoms with Crippen molar-refractivity contribution in [3.8, 4) is 0 Å². The van der Waals surface area contributed by atoms with Crippen molar-refractivity contribution in [1.29, 1.82) is 0 Å². The molecule has 4 nitrogen and oxygen atoms in total. The van der Waals surface area contributed by atoms with Crippen molar-refractivity contribution in [3.63, 3.8) is 0 Å². The van der Waals surface area contributed by atoms with Gasteiger partial charge in [-0.2, -0.15) is 0 Å². The second kappa shape index (κ2) is 6.87. The van der Waals surface area contributed by atoms with Crippen LogP contribution in [0.4, 0.5) is 0 Å². The second-order valence-corrected chi connectivity index (χ2v) is 6.05. The van der Waals surface area contributed by atoms with Gasteiger partial charge in [-0.1, -0.05) is 46.3 Å². The lowest BCUT2D eigenvalue weighted by Gasteiger charge is -2.15. The Kier molecular flexibility index (Phi) is 5.14. The number of carboxylic acid groups (broad SMARTS) is 1. The van der Waals surface area contributed by atoms with E-state index >= 15 is 0 Å². The van der Waals surface area contributed by atoms with Gasteiger partial charge in [-0.05, 0) is 39.7 Å². The number of benzene rings is 2. The fraction of sp³-hybridized carbons (Fsp3) is 0.0667. The Bertz CT molecular complexity index is 674. The molecule has 108 valence electrons. The Morgan fingerprint density at radius 2 is 1.71 bits per heavy atom. The van der Waals surface area contributed by atoms with E-state index in [1.54, 1.807) is 48.5 Å². The van der Waals surface area contributed by atoms with Gasteiger partial charge in [0.2, 0.25) is 0 Å². The van der Waals surface area contributed by atoms with Gasteiger partial charge in [-0.25, -0.2) is 4.79 Å². The number of nitrogens with one attached hydrogen (secondary N) is 1. The molecular formula is C15H11Br2NO3. The van der Waals surface area contributed by atoms with E-state index in [1.807, 2.05) is 0 Å². The largest absolute Gasteiger partial charge is 0.479 e. The molecule has 0 saturated heterocycles. The van der Waals surface area contributed by atoms with Crippen LogP contribution in [-0.2, 0) is 4.79 Å². The maximum atomic E-state index is 12.3. The number of hydrogen-bond acceptors (Lipinski definition) is 2. The highest BCUT2D eigenvalue weighted by Crippen LogP contribution is 2.22. The van der Waals surface area contributed by atoms with E-state index in [9.17, 15) is 14.7 Å². The molecule has 2 aromatic rings. The van der Waals surface area contributed by atoms with Crippen LogP contribution in [0.3, 0.4) is 0 Å². The molecule has 2 aromatic carbocycles. The van der Waals surface area contributed by atoms with Gasteiger partial charge < -0.3 is 10.4 Å². The number of carbonyl (C=O) groups is 2. The zero-order valence-corrected chi connectivity index (χ0v) is 13.9. The second-order valence-electron chi connectivity index (χ2n) is 4.28. The third-order valence-corrected chi connectivity index (χ3v) is 4.01. The van der Waals surface area contributed by atoms with Crippen molar-refractivity contribution in [1.82, 2.24) is 5.32 Å². The lowest BCUT2D eigenvalue weighted by atomic mass is 10.1. The average Bonchev–Trinajstić information content (AvgIpc) is 2.47. The van der Waals surface area contributed by atoms with E-state index in [4.69, 9.17) is 0 Å². The van der Waals surface area contributed by atoms with Crippen LogP contribution in [0, 0.1) is 0 Å². The summed E-state index contributed by atoms with van der Waals surface area (Å²) >= 11 is 6.57. The predicted octanol–water partition coefficient (Wildman–Crippen LogP) is 3.77. The van der Waals surface area contributed by atoms with Crippen LogP contribution in [0.2, 0.25) is 0 Å². The van der Waals surface area contributed by atoms with Crippen LogP contribution >= 0.6 is 31.9 Å². The van der Waals surface area contributed by atoms with Crippen LogP contribution < -0.4 is 5.32 Å². The van der Waals surface area contributed by atoms with Gasteiger partial charge in [0.15, 0.2) is 6.04 Å². The molecule has 0 heterocycles. The van der Waals surface area contributed by atoms with Gasteiger partial charge in [0.05, 0.1) is 5.56 Å². The molecule has 0 fully saturated rings. The average molecular weight is 413 g/mol. The minimum atomic E-state index is -1.11. The molecule has 0 aliphatic rings. The molecule has 6 heteroatoms. The number of carbonyl (C=O) groups excluding carboxylic acids is 1. The van der Waals surface area contributed by atoms with Crippen molar-refractivity contribution < 1.29 is 14.7 Å². The summed E-state index contributed by atoms with van der Waals surface area (Å²) in [7, 11) is 0. The van der Waals surface area contributed by atoms with Crippen molar-refractivity contribution in [3.05, 3.63) is 68.6 Å². The molecule has 0 bridgehead atoms. The number of rotatable bonds is 4. The molecule has 2 rings (SSSR count). The summed E-state index contributed by atoms with van der Waals surface area (Å²) in [6.07, 6.45) is 0. The molecule has 0 spiro atoms. The highest BCUT2D eigenvalue weighted by molar-refractivity contribution is 9.11. The summed E-state index contributed by atoms with van der Waals surface area (Å²) in [5.41, 5.74) is 0.885. The fourth-order valence-corrected chi connectivity index (χ4v) is 2.60. The number of amides is 1. The van der Waals surface area contributed by atoms with E-state index in [0.29, 0.717) is 15.6 Å². The molecule has 1 atom stereocenters. The normalized spacial score (nSPS) is 11.7. The summed E-state index contributed by atoms with van der Waals surface area (Å²) in [5, 5.41) is 11.8. The predicted molar refractivity (Wildman–Crippen MR) is 86.1 cm³/mol. The van der Waals surface area contributed by atoms with E-state index in [0.717, 1.165) is 4.47 Å². The lowest BCUT2D eigenvalue weighted by Crippen LogP contribution is -2.33. The number of hydrogen-bond donors (Lipinski definition) is 2. The third kappa shape index (κ3) is 3.92. The van der Waals surface area contributed by atoms with E-state index < -0.39 is 17.9 Å². The van der Waals surface area contributed by atoms with Crippen LogP contribution in [0.1, 0.15) is 22.0 Å². The topological polar surface area (TPSA) is 66.4 Å². The summed E-state index contributed by atoms with van der Waals surface area (Å²) in [4.78, 5) is 23.7. The maximum Gasteiger partial charge on any atom is 0.330 e. The molecule has 1 amide bonds. The van der Waals surface area contributed by atoms with Crippen molar-refractivity contribution in [2.24, 2.45) is 0 Å². The molecule has 0 aromatic heterocycles. The molecule has 0 radical (unpaired) electrons. The van der Waals surface area contributed by atoms with E-state index in [2.05, 4.69) is 37.2 Å². The maximum absolute atomic E-state index is 12.3. The molecule has 21 heavy (non-hydrogen) atoms. The van der Waals surface area contributed by atoms with Crippen LogP contribution in [-0.4, -0.2) is 17.0 Å². The Hall–Kier alpha value is -1.66. The third-order valence-electron chi connectivity index (χ3n) is 2.83. The van der Waals surface area contributed by atoms with Crippen LogP contribution in [0.25, 0.3) is 0 Å². The Morgan fingerprint density at radius 3 is 2.33 bits per heavy atom. The van der Waals surface area contributed by atoms with Crippen molar-refractivity contribution in [2.75, 3.05) is 0 Å². The lowest BCUT2D eigenvalue weighted by molar-refractivity contribution is -0.139. The first-order valence-electron chi connectivity index (χ1n) is 6.02. The molecule has 0 saturated carbocycles. The summed E-state index contributed by atoms with van der Waals surface area (Å²) in [6, 6.07) is 12.6. The van der Waals surface area contributed by atoms with Gasteiger partial charge in [-0.15, -0.1) is 0 Å². The number of aliphatic carboxylic acids is 1. The van der Waals surface area contributed by atoms with E-state index in [1.165, 1.54) is 0 Å². The molecule has 0 aliphatic heterocycles. The summed E-state index contributed by atoms with van der Waals surface area (Å²) in [6.45, 7) is 0. The van der Waals surface area contributed by atoms with Crippen LogP contribution in [0.5, 0.6) is 0 Å². The molecular weight excluding hydrogens is 402 g/mol. The fourth-order valence-electron chi connectivity index (χ4n) is 1.81. The van der Waals surface area contributed by atoms with Crippen molar-refractivity contribution >= 4 is 43.7 Å². The summed E-state index contributed by atoms with van der Waals surface area (Å²) < 4.78 is 1.34. The van der Waals surface area contributed by atoms with Crippen molar-refractivity contribution in [2.45, 2.75) is 6.04 Å². The van der Waals surface area contributed by atoms with Gasteiger partial charge in [0.1, 0.15) is 0 Å². The van der Waals surface area contributed by atoms with Gasteiger partial charge >= 0.3 is 5.97 Å². The zero-order chi connectivity index (χ0) is 15.4. The first kappa shape index (κ1) is 15.7. The SMILES string of the molecule is O=C(NC(C(=O)O)c1ccccc1)c1cc(Br)ccc1Br. The monoisotopic (exact) mass is 411 g/mol.